The van der Waals surface area contributed by atoms with E-state index in [1.165, 1.54) is 37.7 Å². The average molecular weight is 539 g/mol. The van der Waals surface area contributed by atoms with Crippen molar-refractivity contribution in [3.05, 3.63) is 53.3 Å². The summed E-state index contributed by atoms with van der Waals surface area (Å²) in [4.78, 5) is 10.8. The molecule has 0 spiro atoms. The van der Waals surface area contributed by atoms with Gasteiger partial charge in [0.25, 0.3) is 0 Å². The van der Waals surface area contributed by atoms with Gasteiger partial charge in [0.15, 0.2) is 6.29 Å². The number of nitrogens with one attached hydrogen (secondary N) is 1. The number of aldehydes is 1. The van der Waals surface area contributed by atoms with E-state index in [1.807, 2.05) is 7.05 Å². The van der Waals surface area contributed by atoms with Crippen molar-refractivity contribution >= 4 is 12.0 Å². The highest BCUT2D eigenvalue weighted by molar-refractivity contribution is 5.73. The van der Waals surface area contributed by atoms with E-state index in [2.05, 4.69) is 61.5 Å². The van der Waals surface area contributed by atoms with Crippen LogP contribution in [0.2, 0.25) is 0 Å². The highest BCUT2D eigenvalue weighted by atomic mass is 16.5. The number of aromatic nitrogens is 3. The second-order valence-electron chi connectivity index (χ2n) is 10.5. The number of rotatable bonds is 13. The molecule has 0 saturated heterocycles. The third-order valence-corrected chi connectivity index (χ3v) is 6.48. The van der Waals surface area contributed by atoms with E-state index < -0.39 is 0 Å². The van der Waals surface area contributed by atoms with Crippen LogP contribution >= 0.6 is 0 Å². The van der Waals surface area contributed by atoms with Gasteiger partial charge < -0.3 is 19.5 Å². The molecule has 2 aromatic carbocycles. The highest BCUT2D eigenvalue weighted by Gasteiger charge is 2.16. The maximum absolute atomic E-state index is 10.8. The Morgan fingerprint density at radius 1 is 0.949 bits per heavy atom. The molecule has 0 aliphatic heterocycles. The van der Waals surface area contributed by atoms with Crippen LogP contribution in [-0.2, 0) is 5.41 Å². The van der Waals surface area contributed by atoms with Gasteiger partial charge in [-0.05, 0) is 48.6 Å². The van der Waals surface area contributed by atoms with Gasteiger partial charge in [-0.2, -0.15) is 0 Å². The fraction of sp³-hybridized carbons (Fsp3) is 0.516. The van der Waals surface area contributed by atoms with E-state index >= 15 is 0 Å². The quantitative estimate of drug-likeness (QED) is 0.182. The zero-order chi connectivity index (χ0) is 28.8. The van der Waals surface area contributed by atoms with E-state index in [0.717, 1.165) is 24.5 Å². The molecule has 0 aliphatic carbocycles. The molecule has 39 heavy (non-hydrogen) atoms. The van der Waals surface area contributed by atoms with Crippen LogP contribution in [0, 0.1) is 6.92 Å². The SMILES string of the molecule is CCCCCCCCOc1cc(NC)cc(C(C)(C)C)c1.COc1ccc(OC)c(-n2nnc(C=O)c2C)c1. The smallest absolute Gasteiger partial charge is 0.172 e. The van der Waals surface area contributed by atoms with Crippen LogP contribution in [0.4, 0.5) is 5.69 Å². The zero-order valence-corrected chi connectivity index (χ0v) is 25.0. The molecule has 0 aliphatic rings. The molecule has 0 fully saturated rings. The van der Waals surface area contributed by atoms with Crippen molar-refractivity contribution in [2.75, 3.05) is 33.2 Å². The fourth-order valence-corrected chi connectivity index (χ4v) is 3.97. The van der Waals surface area contributed by atoms with Gasteiger partial charge in [-0.25, -0.2) is 4.68 Å². The number of hydrogen-bond donors (Lipinski definition) is 1. The minimum absolute atomic E-state index is 0.144. The molecule has 3 aromatic rings. The first-order valence-electron chi connectivity index (χ1n) is 13.7. The Morgan fingerprint density at radius 2 is 1.67 bits per heavy atom. The third kappa shape index (κ3) is 9.61. The lowest BCUT2D eigenvalue weighted by Gasteiger charge is -2.21. The summed E-state index contributed by atoms with van der Waals surface area (Å²) in [5, 5.41) is 11.0. The Labute approximate surface area is 234 Å². The van der Waals surface area contributed by atoms with Crippen LogP contribution in [0.25, 0.3) is 5.69 Å². The van der Waals surface area contributed by atoms with Gasteiger partial charge in [0.05, 0.1) is 26.5 Å². The van der Waals surface area contributed by atoms with Crippen molar-refractivity contribution in [1.82, 2.24) is 15.0 Å². The molecule has 0 radical (unpaired) electrons. The van der Waals surface area contributed by atoms with Crippen molar-refractivity contribution in [3.8, 4) is 22.9 Å². The summed E-state index contributed by atoms with van der Waals surface area (Å²) in [6.07, 6.45) is 8.46. The van der Waals surface area contributed by atoms with Crippen LogP contribution in [0.15, 0.2) is 36.4 Å². The van der Waals surface area contributed by atoms with Gasteiger partial charge in [0.2, 0.25) is 0 Å². The summed E-state index contributed by atoms with van der Waals surface area (Å²) in [6.45, 7) is 11.5. The second-order valence-corrected chi connectivity index (χ2v) is 10.5. The molecule has 1 heterocycles. The molecule has 0 amide bonds. The highest BCUT2D eigenvalue weighted by Crippen LogP contribution is 2.30. The lowest BCUT2D eigenvalue weighted by molar-refractivity contribution is 0.111. The van der Waals surface area contributed by atoms with Gasteiger partial charge >= 0.3 is 0 Å². The van der Waals surface area contributed by atoms with Crippen LogP contribution in [0.3, 0.4) is 0 Å². The summed E-state index contributed by atoms with van der Waals surface area (Å²) in [7, 11) is 5.11. The minimum Gasteiger partial charge on any atom is -0.497 e. The molecule has 0 saturated carbocycles. The number of anilines is 1. The fourth-order valence-electron chi connectivity index (χ4n) is 3.97. The van der Waals surface area contributed by atoms with Gasteiger partial charge in [-0.1, -0.05) is 65.0 Å². The Kier molecular flexibility index (Phi) is 12.8. The lowest BCUT2D eigenvalue weighted by Crippen LogP contribution is -2.12. The molecule has 0 unspecified atom stereocenters. The Bertz CT molecular complexity index is 1170. The average Bonchev–Trinajstić information content (AvgIpc) is 3.31. The number of ether oxygens (including phenoxy) is 3. The maximum atomic E-state index is 10.8. The van der Waals surface area contributed by atoms with Crippen LogP contribution in [0.1, 0.15) is 88.0 Å². The molecule has 0 atom stereocenters. The number of unbranched alkanes of at least 4 members (excludes halogenated alkanes) is 5. The van der Waals surface area contributed by atoms with Gasteiger partial charge in [0, 0.05) is 24.9 Å². The van der Waals surface area contributed by atoms with Crippen LogP contribution in [0.5, 0.6) is 17.2 Å². The second kappa shape index (κ2) is 15.8. The first kappa shape index (κ1) is 31.7. The van der Waals surface area contributed by atoms with Crippen molar-refractivity contribution < 1.29 is 19.0 Å². The zero-order valence-electron chi connectivity index (χ0n) is 25.0. The Hall–Kier alpha value is -3.55. The topological polar surface area (TPSA) is 87.5 Å². The van der Waals surface area contributed by atoms with E-state index in [1.54, 1.807) is 44.0 Å². The molecule has 214 valence electrons. The van der Waals surface area contributed by atoms with Crippen molar-refractivity contribution in [1.29, 1.82) is 0 Å². The van der Waals surface area contributed by atoms with E-state index in [0.29, 0.717) is 34.9 Å². The Morgan fingerprint density at radius 3 is 2.26 bits per heavy atom. The monoisotopic (exact) mass is 538 g/mol. The molecule has 8 nitrogen and oxygen atoms in total. The largest absolute Gasteiger partial charge is 0.497 e. The molecular weight excluding hydrogens is 492 g/mol. The number of carbonyl (C=O) groups is 1. The normalized spacial score (nSPS) is 10.9. The molecule has 1 N–H and O–H groups in total. The lowest BCUT2D eigenvalue weighted by atomic mass is 9.86. The number of benzene rings is 2. The molecule has 0 bridgehead atoms. The maximum Gasteiger partial charge on any atom is 0.172 e. The van der Waals surface area contributed by atoms with Crippen molar-refractivity contribution in [2.24, 2.45) is 0 Å². The van der Waals surface area contributed by atoms with E-state index in [4.69, 9.17) is 14.2 Å². The predicted octanol–water partition coefficient (Wildman–Crippen LogP) is 7.17. The summed E-state index contributed by atoms with van der Waals surface area (Å²) in [5.41, 5.74) is 4.21. The number of methoxy groups -OCH3 is 2. The molecule has 3 rings (SSSR count). The molecule has 1 aromatic heterocycles. The summed E-state index contributed by atoms with van der Waals surface area (Å²) >= 11 is 0. The van der Waals surface area contributed by atoms with Crippen molar-refractivity contribution in [2.45, 2.75) is 78.6 Å². The third-order valence-electron chi connectivity index (χ3n) is 6.48. The van der Waals surface area contributed by atoms with Gasteiger partial charge in [0.1, 0.15) is 28.6 Å². The number of carbonyl (C=O) groups excluding carboxylic acids is 1. The summed E-state index contributed by atoms with van der Waals surface area (Å²) < 4.78 is 17.9. The van der Waals surface area contributed by atoms with Gasteiger partial charge in [-0.15, -0.1) is 5.10 Å². The minimum atomic E-state index is 0.144. The van der Waals surface area contributed by atoms with E-state index in [-0.39, 0.29) is 5.41 Å². The van der Waals surface area contributed by atoms with E-state index in [9.17, 15) is 4.79 Å². The summed E-state index contributed by atoms with van der Waals surface area (Å²) in [5.74, 6) is 2.29. The van der Waals surface area contributed by atoms with Crippen LogP contribution < -0.4 is 19.5 Å². The van der Waals surface area contributed by atoms with Crippen LogP contribution in [-0.4, -0.2) is 49.2 Å². The molecular formula is C31H46N4O4. The molecule has 8 heteroatoms. The Balaban J connectivity index is 0.000000276. The van der Waals surface area contributed by atoms with Gasteiger partial charge in [-0.3, -0.25) is 4.79 Å². The standard InChI is InChI=1S/C19H33NO.C12H13N3O3/c1-6-7-8-9-10-11-12-21-18-14-16(19(2,3)4)13-17(15-18)20-5;1-8-10(7-16)13-14-15(8)11-6-9(17-2)4-5-12(11)18-3/h13-15,20H,6-12H2,1-5H3;4-7H,1-3H3. The first-order chi connectivity index (χ1) is 18.7. The van der Waals surface area contributed by atoms with Crippen molar-refractivity contribution in [3.63, 3.8) is 0 Å². The number of hydrogen-bond acceptors (Lipinski definition) is 7. The summed E-state index contributed by atoms with van der Waals surface area (Å²) in [6, 6.07) is 11.8. The first-order valence-corrected chi connectivity index (χ1v) is 13.7. The predicted molar refractivity (Wildman–Crippen MR) is 158 cm³/mol. The number of nitrogens with zero attached hydrogens (tertiary/aromatic N) is 3.